The molecule has 168 valence electrons. The summed E-state index contributed by atoms with van der Waals surface area (Å²) in [4.78, 5) is 4.42. The number of hydrogen-bond donors (Lipinski definition) is 1. The second-order valence-electron chi connectivity index (χ2n) is 7.60. The van der Waals surface area contributed by atoms with Crippen molar-refractivity contribution in [3.05, 3.63) is 0 Å². The Kier molecular flexibility index (Phi) is 12.6. The summed E-state index contributed by atoms with van der Waals surface area (Å²) in [6.45, 7) is 20.2. The summed E-state index contributed by atoms with van der Waals surface area (Å²) in [7, 11) is 8.78. The zero-order valence-corrected chi connectivity index (χ0v) is 22.4. The average molecular weight is 428 g/mol. The van der Waals surface area contributed by atoms with E-state index in [9.17, 15) is 0 Å². The molecule has 0 radical (unpaired) electrons. The Morgan fingerprint density at radius 1 is 0.444 bits per heavy atom. The Morgan fingerprint density at radius 2 is 0.667 bits per heavy atom. The molecule has 27 heavy (non-hydrogen) atoms. The van der Waals surface area contributed by atoms with Gasteiger partial charge < -0.3 is 0 Å². The van der Waals surface area contributed by atoms with Gasteiger partial charge in [-0.15, -0.1) is 0 Å². The second kappa shape index (κ2) is 12.3. The number of rotatable bonds is 14. The fourth-order valence-electron chi connectivity index (χ4n) is 4.59. The van der Waals surface area contributed by atoms with Crippen molar-refractivity contribution < 1.29 is 0 Å². The van der Waals surface area contributed by atoms with Crippen LogP contribution < -0.4 is 4.86 Å². The van der Waals surface area contributed by atoms with Gasteiger partial charge in [-0.25, -0.2) is 0 Å². The van der Waals surface area contributed by atoms with Gasteiger partial charge >= 0.3 is 172 Å². The molecule has 1 N–H and O–H groups in total. The normalized spacial score (nSPS) is 15.2. The average Bonchev–Trinajstić information content (AvgIpc) is 2.61. The van der Waals surface area contributed by atoms with Crippen molar-refractivity contribution in [2.45, 2.75) is 41.5 Å². The first-order valence-corrected chi connectivity index (χ1v) is 14.3. The third kappa shape index (κ3) is 5.39. The molecule has 0 spiro atoms. The van der Waals surface area contributed by atoms with Crippen LogP contribution in [-0.4, -0.2) is 110 Å². The molecule has 0 aromatic carbocycles. The van der Waals surface area contributed by atoms with E-state index in [0.717, 1.165) is 39.3 Å². The van der Waals surface area contributed by atoms with Crippen molar-refractivity contribution in [3.8, 4) is 0 Å². The maximum absolute atomic E-state index is 4.42. The van der Waals surface area contributed by atoms with Gasteiger partial charge in [-0.2, -0.15) is 0 Å². The first-order valence-electron chi connectivity index (χ1n) is 10.7. The van der Waals surface area contributed by atoms with Crippen LogP contribution in [0.4, 0.5) is 0 Å². The van der Waals surface area contributed by atoms with E-state index in [1.807, 2.05) is 0 Å². The van der Waals surface area contributed by atoms with E-state index in [0.29, 0.717) is 0 Å². The molecule has 0 atom stereocenters. The molecule has 0 aromatic heterocycles. The molecule has 0 aliphatic carbocycles. The van der Waals surface area contributed by atoms with E-state index in [1.165, 1.54) is 0 Å². The van der Waals surface area contributed by atoms with E-state index in [1.54, 1.807) is 0 Å². The molecule has 0 saturated heterocycles. The number of nitrogens with one attached hydrogen (secondary N) is 1. The van der Waals surface area contributed by atoms with Crippen LogP contribution >= 0.6 is 15.7 Å². The van der Waals surface area contributed by atoms with E-state index < -0.39 is 15.7 Å². The van der Waals surface area contributed by atoms with Crippen molar-refractivity contribution >= 4 is 15.7 Å². The molecular formula is C18H51N7P2. The summed E-state index contributed by atoms with van der Waals surface area (Å²) < 4.78 is 15.5. The van der Waals surface area contributed by atoms with Gasteiger partial charge in [0.2, 0.25) is 0 Å². The standard InChI is InChI=1S/C18H51N7P2/c1-13-23(14-2)27(24(15-3)16-4,25(17-5)18-6)19-26(20(7)8,21(9)10)22(11)12/h19,26-27H,13-18H2,1-12H3. The topological polar surface area (TPSA) is 31.5 Å². The summed E-state index contributed by atoms with van der Waals surface area (Å²) in [5.74, 6) is 0. The molecule has 9 heteroatoms. The van der Waals surface area contributed by atoms with Gasteiger partial charge in [0, 0.05) is 0 Å². The molecule has 0 aliphatic rings. The minimum atomic E-state index is -2.32. The first-order chi connectivity index (χ1) is 12.6. The molecule has 0 aromatic rings. The Balaban J connectivity index is 6.84. The Labute approximate surface area is 172 Å². The number of hydrogen-bond acceptors (Lipinski definition) is 7. The Bertz CT molecular complexity index is 342. The van der Waals surface area contributed by atoms with Crippen LogP contribution in [-0.2, 0) is 0 Å². The molecule has 0 heterocycles. The summed E-state index contributed by atoms with van der Waals surface area (Å²) in [5, 5.41) is 0. The fraction of sp³-hybridized carbons (Fsp3) is 1.00. The van der Waals surface area contributed by atoms with Crippen molar-refractivity contribution in [3.63, 3.8) is 0 Å². The Morgan fingerprint density at radius 3 is 0.815 bits per heavy atom. The van der Waals surface area contributed by atoms with Gasteiger partial charge in [0.25, 0.3) is 0 Å². The van der Waals surface area contributed by atoms with Crippen LogP contribution in [0.25, 0.3) is 0 Å². The van der Waals surface area contributed by atoms with E-state index in [2.05, 4.69) is 117 Å². The Hall–Kier alpha value is 0.580. The van der Waals surface area contributed by atoms with Crippen LogP contribution in [0.5, 0.6) is 0 Å². The zero-order chi connectivity index (χ0) is 21.4. The van der Waals surface area contributed by atoms with Crippen LogP contribution in [0.3, 0.4) is 0 Å². The van der Waals surface area contributed by atoms with Gasteiger partial charge in [-0.3, -0.25) is 0 Å². The van der Waals surface area contributed by atoms with Crippen LogP contribution in [0, 0.1) is 0 Å². The predicted molar refractivity (Wildman–Crippen MR) is 130 cm³/mol. The molecule has 7 nitrogen and oxygen atoms in total. The summed E-state index contributed by atoms with van der Waals surface area (Å²) in [6, 6.07) is 0. The van der Waals surface area contributed by atoms with Crippen LogP contribution in [0.15, 0.2) is 0 Å². The molecule has 0 rings (SSSR count). The summed E-state index contributed by atoms with van der Waals surface area (Å²) in [6.07, 6.45) is 0. The van der Waals surface area contributed by atoms with Gasteiger partial charge in [0.15, 0.2) is 0 Å². The number of nitrogens with zero attached hydrogens (tertiary/aromatic N) is 6. The second-order valence-corrected chi connectivity index (χ2v) is 15.7. The van der Waals surface area contributed by atoms with E-state index in [4.69, 9.17) is 0 Å². The van der Waals surface area contributed by atoms with Gasteiger partial charge in [-0.1, -0.05) is 0 Å². The van der Waals surface area contributed by atoms with E-state index >= 15 is 0 Å². The van der Waals surface area contributed by atoms with Crippen LogP contribution in [0.2, 0.25) is 0 Å². The third-order valence-electron chi connectivity index (χ3n) is 5.82. The fourth-order valence-corrected chi connectivity index (χ4v) is 17.2. The summed E-state index contributed by atoms with van der Waals surface area (Å²) in [5.41, 5.74) is 0. The zero-order valence-electron chi connectivity index (χ0n) is 20.4. The van der Waals surface area contributed by atoms with Crippen molar-refractivity contribution in [1.82, 2.24) is 32.9 Å². The molecule has 0 bridgehead atoms. The molecule has 0 fully saturated rings. The van der Waals surface area contributed by atoms with Crippen molar-refractivity contribution in [2.75, 3.05) is 81.6 Å². The third-order valence-corrected chi connectivity index (χ3v) is 16.8. The summed E-state index contributed by atoms with van der Waals surface area (Å²) >= 11 is 0. The first kappa shape index (κ1) is 27.6. The molecular weight excluding hydrogens is 376 g/mol. The quantitative estimate of drug-likeness (QED) is 0.426. The molecule has 0 unspecified atom stereocenters. The van der Waals surface area contributed by atoms with Gasteiger partial charge in [0.1, 0.15) is 0 Å². The van der Waals surface area contributed by atoms with Crippen LogP contribution in [0.1, 0.15) is 41.5 Å². The van der Waals surface area contributed by atoms with Crippen molar-refractivity contribution in [2.24, 2.45) is 0 Å². The molecule has 0 saturated carbocycles. The van der Waals surface area contributed by atoms with E-state index in [-0.39, 0.29) is 0 Å². The SMILES string of the molecule is CCN(CC)[PH](N[PH](N(C)C)(N(C)C)N(C)C)(N(CC)CC)N(CC)CC. The predicted octanol–water partition coefficient (Wildman–Crippen LogP) is 3.11. The molecule has 0 amide bonds. The maximum atomic E-state index is 4.42. The minimum absolute atomic E-state index is 1.06. The van der Waals surface area contributed by atoms with Gasteiger partial charge in [-0.05, 0) is 0 Å². The van der Waals surface area contributed by atoms with Gasteiger partial charge in [0.05, 0.1) is 0 Å². The monoisotopic (exact) mass is 427 g/mol. The van der Waals surface area contributed by atoms with Crippen molar-refractivity contribution in [1.29, 1.82) is 0 Å². The molecule has 0 aliphatic heterocycles.